The van der Waals surface area contributed by atoms with Gasteiger partial charge in [0, 0.05) is 51.9 Å². The van der Waals surface area contributed by atoms with Crippen molar-refractivity contribution in [2.45, 2.75) is 31.2 Å². The summed E-state index contributed by atoms with van der Waals surface area (Å²) in [6, 6.07) is 5.81. The van der Waals surface area contributed by atoms with E-state index in [2.05, 4.69) is 9.62 Å². The van der Waals surface area contributed by atoms with Gasteiger partial charge in [-0.25, -0.2) is 13.1 Å². The predicted molar refractivity (Wildman–Crippen MR) is 108 cm³/mol. The van der Waals surface area contributed by atoms with Gasteiger partial charge < -0.3 is 9.80 Å². The Morgan fingerprint density at radius 3 is 2.29 bits per heavy atom. The molecule has 0 saturated carbocycles. The summed E-state index contributed by atoms with van der Waals surface area (Å²) in [7, 11) is -0.111. The minimum Gasteiger partial charge on any atom is -0.348 e. The monoisotopic (exact) mass is 410 g/mol. The lowest BCUT2D eigenvalue weighted by atomic mass is 10.2. The van der Waals surface area contributed by atoms with E-state index in [0.29, 0.717) is 31.7 Å². The molecule has 1 aromatic rings. The third-order valence-electron chi connectivity index (χ3n) is 4.54. The van der Waals surface area contributed by atoms with Crippen LogP contribution in [0.15, 0.2) is 29.2 Å². The second-order valence-corrected chi connectivity index (χ2v) is 9.22. The van der Waals surface area contributed by atoms with Crippen LogP contribution in [-0.2, 0) is 14.8 Å². The molecule has 2 amide bonds. The summed E-state index contributed by atoms with van der Waals surface area (Å²) in [4.78, 5) is 30.2. The number of nitrogens with zero attached hydrogens (tertiary/aromatic N) is 3. The molecule has 1 aliphatic rings. The SMILES string of the molecule is CC(C)NS(=O)(=O)c1ccc(C(=O)N2CCCN(CC(=O)N(C)C)CC2)cc1. The molecule has 0 spiro atoms. The molecule has 156 valence electrons. The number of nitrogens with one attached hydrogen (secondary N) is 1. The zero-order chi connectivity index (χ0) is 20.9. The Balaban J connectivity index is 2.01. The molecule has 0 atom stereocenters. The molecule has 1 aliphatic heterocycles. The summed E-state index contributed by atoms with van der Waals surface area (Å²) in [5.41, 5.74) is 0.460. The van der Waals surface area contributed by atoms with E-state index in [1.165, 1.54) is 12.1 Å². The van der Waals surface area contributed by atoms with Crippen LogP contribution in [0.25, 0.3) is 0 Å². The van der Waals surface area contributed by atoms with Crippen molar-refractivity contribution in [3.63, 3.8) is 0 Å². The highest BCUT2D eigenvalue weighted by atomic mass is 32.2. The number of benzene rings is 1. The number of likely N-dealkylation sites (N-methyl/N-ethyl adjacent to an activating group) is 1. The van der Waals surface area contributed by atoms with E-state index < -0.39 is 10.0 Å². The number of carbonyl (C=O) groups excluding carboxylic acids is 2. The molecular formula is C19H30N4O4S. The predicted octanol–water partition coefficient (Wildman–Crippen LogP) is 0.609. The smallest absolute Gasteiger partial charge is 0.253 e. The van der Waals surface area contributed by atoms with Gasteiger partial charge in [-0.3, -0.25) is 14.5 Å². The largest absolute Gasteiger partial charge is 0.348 e. The Morgan fingerprint density at radius 2 is 1.71 bits per heavy atom. The second-order valence-electron chi connectivity index (χ2n) is 7.51. The molecule has 1 heterocycles. The number of amides is 2. The van der Waals surface area contributed by atoms with Crippen LogP contribution in [0, 0.1) is 0 Å². The summed E-state index contributed by atoms with van der Waals surface area (Å²) < 4.78 is 26.9. The van der Waals surface area contributed by atoms with Crippen molar-refractivity contribution in [2.24, 2.45) is 0 Å². The van der Waals surface area contributed by atoms with Gasteiger partial charge in [-0.05, 0) is 44.5 Å². The lowest BCUT2D eigenvalue weighted by Gasteiger charge is -2.23. The second kappa shape index (κ2) is 9.49. The normalized spacial score (nSPS) is 16.1. The highest BCUT2D eigenvalue weighted by Gasteiger charge is 2.22. The zero-order valence-corrected chi connectivity index (χ0v) is 17.8. The fourth-order valence-electron chi connectivity index (χ4n) is 3.00. The first-order valence-corrected chi connectivity index (χ1v) is 10.9. The van der Waals surface area contributed by atoms with Gasteiger partial charge >= 0.3 is 0 Å². The summed E-state index contributed by atoms with van der Waals surface area (Å²) in [6.07, 6.45) is 0.789. The van der Waals surface area contributed by atoms with Gasteiger partial charge in [-0.1, -0.05) is 0 Å². The fourth-order valence-corrected chi connectivity index (χ4v) is 4.25. The summed E-state index contributed by atoms with van der Waals surface area (Å²) in [5, 5.41) is 0. The quantitative estimate of drug-likeness (QED) is 0.742. The molecule has 0 radical (unpaired) electrons. The Morgan fingerprint density at radius 1 is 1.07 bits per heavy atom. The maximum Gasteiger partial charge on any atom is 0.253 e. The third-order valence-corrected chi connectivity index (χ3v) is 6.21. The van der Waals surface area contributed by atoms with Crippen LogP contribution in [0.2, 0.25) is 0 Å². The number of hydrogen-bond acceptors (Lipinski definition) is 5. The first kappa shape index (κ1) is 22.3. The van der Waals surface area contributed by atoms with E-state index in [0.717, 1.165) is 13.0 Å². The van der Waals surface area contributed by atoms with Crippen LogP contribution >= 0.6 is 0 Å². The lowest BCUT2D eigenvalue weighted by Crippen LogP contribution is -2.39. The van der Waals surface area contributed by atoms with Crippen LogP contribution in [-0.4, -0.2) is 87.8 Å². The number of hydrogen-bond donors (Lipinski definition) is 1. The van der Waals surface area contributed by atoms with Crippen LogP contribution < -0.4 is 4.72 Å². The van der Waals surface area contributed by atoms with Crippen molar-refractivity contribution in [1.82, 2.24) is 19.4 Å². The molecule has 0 bridgehead atoms. The van der Waals surface area contributed by atoms with Crippen LogP contribution in [0.1, 0.15) is 30.6 Å². The van der Waals surface area contributed by atoms with Crippen molar-refractivity contribution in [3.05, 3.63) is 29.8 Å². The van der Waals surface area contributed by atoms with Crippen molar-refractivity contribution in [2.75, 3.05) is 46.8 Å². The molecule has 1 fully saturated rings. The lowest BCUT2D eigenvalue weighted by molar-refractivity contribution is -0.129. The molecule has 0 unspecified atom stereocenters. The van der Waals surface area contributed by atoms with Crippen molar-refractivity contribution >= 4 is 21.8 Å². The Kier molecular flexibility index (Phi) is 7.56. The van der Waals surface area contributed by atoms with Crippen molar-refractivity contribution in [3.8, 4) is 0 Å². The summed E-state index contributed by atoms with van der Waals surface area (Å²) in [6.45, 7) is 6.41. The highest BCUT2D eigenvalue weighted by molar-refractivity contribution is 7.89. The fraction of sp³-hybridized carbons (Fsp3) is 0.579. The molecular weight excluding hydrogens is 380 g/mol. The van der Waals surface area contributed by atoms with Gasteiger partial charge in [0.15, 0.2) is 0 Å². The average molecular weight is 411 g/mol. The first-order valence-electron chi connectivity index (χ1n) is 9.44. The molecule has 2 rings (SSSR count). The maximum absolute atomic E-state index is 12.8. The van der Waals surface area contributed by atoms with Gasteiger partial charge in [0.1, 0.15) is 0 Å². The Hall–Kier alpha value is -1.97. The van der Waals surface area contributed by atoms with Crippen LogP contribution in [0.5, 0.6) is 0 Å². The molecule has 1 N–H and O–H groups in total. The summed E-state index contributed by atoms with van der Waals surface area (Å²) in [5.74, 6) is -0.0758. The highest BCUT2D eigenvalue weighted by Crippen LogP contribution is 2.14. The zero-order valence-electron chi connectivity index (χ0n) is 17.0. The number of sulfonamides is 1. The molecule has 0 aromatic heterocycles. The van der Waals surface area contributed by atoms with E-state index in [4.69, 9.17) is 0 Å². The third kappa shape index (κ3) is 6.02. The van der Waals surface area contributed by atoms with Crippen LogP contribution in [0.4, 0.5) is 0 Å². The minimum atomic E-state index is -3.58. The molecule has 28 heavy (non-hydrogen) atoms. The van der Waals surface area contributed by atoms with E-state index in [-0.39, 0.29) is 22.8 Å². The van der Waals surface area contributed by atoms with Gasteiger partial charge in [-0.15, -0.1) is 0 Å². The maximum atomic E-state index is 12.8. The van der Waals surface area contributed by atoms with E-state index in [9.17, 15) is 18.0 Å². The molecule has 0 aliphatic carbocycles. The number of rotatable bonds is 6. The van der Waals surface area contributed by atoms with Gasteiger partial charge in [0.05, 0.1) is 11.4 Å². The Labute approximate surface area is 167 Å². The molecule has 1 aromatic carbocycles. The van der Waals surface area contributed by atoms with Crippen molar-refractivity contribution in [1.29, 1.82) is 0 Å². The topological polar surface area (TPSA) is 90.0 Å². The van der Waals surface area contributed by atoms with E-state index in [1.807, 2.05) is 0 Å². The summed E-state index contributed by atoms with van der Waals surface area (Å²) >= 11 is 0. The van der Waals surface area contributed by atoms with Crippen LogP contribution in [0.3, 0.4) is 0 Å². The molecule has 9 heteroatoms. The van der Waals surface area contributed by atoms with Gasteiger partial charge in [0.25, 0.3) is 5.91 Å². The minimum absolute atomic E-state index is 0.0478. The van der Waals surface area contributed by atoms with Gasteiger partial charge in [0.2, 0.25) is 15.9 Å². The van der Waals surface area contributed by atoms with E-state index in [1.54, 1.807) is 49.9 Å². The van der Waals surface area contributed by atoms with Crippen molar-refractivity contribution < 1.29 is 18.0 Å². The molecule has 8 nitrogen and oxygen atoms in total. The van der Waals surface area contributed by atoms with Gasteiger partial charge in [-0.2, -0.15) is 0 Å². The van der Waals surface area contributed by atoms with E-state index >= 15 is 0 Å². The Bertz CT molecular complexity index is 791. The molecule has 1 saturated heterocycles. The number of carbonyl (C=O) groups is 2. The standard InChI is InChI=1S/C19H30N4O4S/c1-15(2)20-28(26,27)17-8-6-16(7-9-17)19(25)23-11-5-10-22(12-13-23)14-18(24)21(3)4/h6-9,15,20H,5,10-14H2,1-4H3. The first-order chi connectivity index (χ1) is 13.1. The average Bonchev–Trinajstić information content (AvgIpc) is 2.85.